The van der Waals surface area contributed by atoms with Crippen LogP contribution in [-0.2, 0) is 7.05 Å². The maximum atomic E-state index is 2.51. The Balaban J connectivity index is 1.84. The molecular formula is C34H42NSSi2+. The first-order valence-corrected chi connectivity index (χ1v) is 21.7. The minimum absolute atomic E-state index is 0.478. The van der Waals surface area contributed by atoms with Gasteiger partial charge in [-0.1, -0.05) is 107 Å². The highest BCUT2D eigenvalue weighted by Crippen LogP contribution is 2.41. The molecule has 2 heterocycles. The van der Waals surface area contributed by atoms with Gasteiger partial charge in [0.25, 0.3) is 0 Å². The van der Waals surface area contributed by atoms with Crippen LogP contribution >= 0.6 is 11.3 Å². The molecule has 0 N–H and O–H groups in total. The van der Waals surface area contributed by atoms with Crippen molar-refractivity contribution in [2.24, 2.45) is 7.05 Å². The van der Waals surface area contributed by atoms with Gasteiger partial charge in [-0.3, -0.25) is 0 Å². The van der Waals surface area contributed by atoms with Gasteiger partial charge in [-0.25, -0.2) is 4.57 Å². The van der Waals surface area contributed by atoms with Crippen molar-refractivity contribution in [1.29, 1.82) is 0 Å². The third-order valence-corrected chi connectivity index (χ3v) is 13.2. The van der Waals surface area contributed by atoms with Gasteiger partial charge in [-0.15, -0.1) is 11.3 Å². The van der Waals surface area contributed by atoms with Crippen molar-refractivity contribution in [2.75, 3.05) is 0 Å². The van der Waals surface area contributed by atoms with Crippen LogP contribution in [0.15, 0.2) is 66.9 Å². The summed E-state index contributed by atoms with van der Waals surface area (Å²) in [6, 6.07) is 23.4. The summed E-state index contributed by atoms with van der Waals surface area (Å²) in [5.41, 5.74) is 8.27. The van der Waals surface area contributed by atoms with E-state index >= 15 is 0 Å². The number of fused-ring (bicyclic) bond motifs is 3. The highest BCUT2D eigenvalue weighted by Gasteiger charge is 2.29. The highest BCUT2D eigenvalue weighted by atomic mass is 32.1. The number of hydrogen-bond donors (Lipinski definition) is 0. The van der Waals surface area contributed by atoms with Crippen LogP contribution in [-0.4, -0.2) is 16.1 Å². The van der Waals surface area contributed by atoms with Gasteiger partial charge >= 0.3 is 0 Å². The van der Waals surface area contributed by atoms with Crippen molar-refractivity contribution in [2.45, 2.75) is 66.0 Å². The standard InChI is InChI=1S/C34H42NSSi2/c1-22(2)25-13-11-12-14-26(25)29-20-30(35(4)21-32(29)38(8,9)10)33-23(3)15-17-28-27-18-16-24(37(5,6)7)19-31(27)36-34(28)33/h11-22H,1-10H3/q+1. The van der Waals surface area contributed by atoms with Crippen LogP contribution in [0.2, 0.25) is 39.3 Å². The third kappa shape index (κ3) is 4.72. The zero-order valence-electron chi connectivity index (χ0n) is 24.8. The number of thiophene rings is 1. The van der Waals surface area contributed by atoms with Crippen LogP contribution in [0.5, 0.6) is 0 Å². The minimum Gasteiger partial charge on any atom is -0.201 e. The van der Waals surface area contributed by atoms with E-state index in [9.17, 15) is 0 Å². The van der Waals surface area contributed by atoms with Crippen LogP contribution in [0.4, 0.5) is 0 Å². The summed E-state index contributed by atoms with van der Waals surface area (Å²) < 4.78 is 5.22. The monoisotopic (exact) mass is 552 g/mol. The molecule has 3 aromatic carbocycles. The fourth-order valence-corrected chi connectivity index (χ4v) is 9.90. The predicted octanol–water partition coefficient (Wildman–Crippen LogP) is 8.74. The molecule has 0 radical (unpaired) electrons. The van der Waals surface area contributed by atoms with Gasteiger partial charge in [0.1, 0.15) is 7.05 Å². The summed E-state index contributed by atoms with van der Waals surface area (Å²) >= 11 is 1.97. The Kier molecular flexibility index (Phi) is 6.82. The van der Waals surface area contributed by atoms with E-state index in [0.29, 0.717) is 5.92 Å². The van der Waals surface area contributed by atoms with Gasteiger partial charge in [0.05, 0.1) is 21.7 Å². The number of rotatable bonds is 5. The normalized spacial score (nSPS) is 12.7. The van der Waals surface area contributed by atoms with Gasteiger partial charge in [0.2, 0.25) is 5.69 Å². The molecule has 38 heavy (non-hydrogen) atoms. The fraction of sp³-hybridized carbons (Fsp3) is 0.324. The lowest BCUT2D eigenvalue weighted by Gasteiger charge is -2.23. The van der Waals surface area contributed by atoms with E-state index in [1.165, 1.54) is 64.1 Å². The topological polar surface area (TPSA) is 3.88 Å². The van der Waals surface area contributed by atoms with E-state index < -0.39 is 16.1 Å². The second-order valence-electron chi connectivity index (χ2n) is 13.3. The quantitative estimate of drug-likeness (QED) is 0.152. The number of aryl methyl sites for hydroxylation is 2. The highest BCUT2D eigenvalue weighted by molar-refractivity contribution is 7.26. The molecule has 5 aromatic rings. The molecule has 0 saturated carbocycles. The van der Waals surface area contributed by atoms with E-state index in [1.54, 1.807) is 0 Å². The van der Waals surface area contributed by atoms with Gasteiger partial charge in [0, 0.05) is 31.4 Å². The predicted molar refractivity (Wildman–Crippen MR) is 176 cm³/mol. The fourth-order valence-electron chi connectivity index (χ4n) is 5.69. The first-order chi connectivity index (χ1) is 17.8. The van der Waals surface area contributed by atoms with Crippen LogP contribution in [0.3, 0.4) is 0 Å². The van der Waals surface area contributed by atoms with E-state index in [-0.39, 0.29) is 0 Å². The lowest BCUT2D eigenvalue weighted by Crippen LogP contribution is -2.46. The van der Waals surface area contributed by atoms with E-state index in [4.69, 9.17) is 0 Å². The number of hydrogen-bond acceptors (Lipinski definition) is 1. The van der Waals surface area contributed by atoms with E-state index in [1.807, 2.05) is 11.3 Å². The molecule has 0 saturated heterocycles. The Morgan fingerprint density at radius 2 is 1.45 bits per heavy atom. The number of nitrogens with zero attached hydrogens (tertiary/aromatic N) is 1. The molecule has 0 fully saturated rings. The lowest BCUT2D eigenvalue weighted by atomic mass is 9.91. The van der Waals surface area contributed by atoms with E-state index in [2.05, 4.69) is 139 Å². The summed E-state index contributed by atoms with van der Waals surface area (Å²) in [4.78, 5) is 0. The molecule has 4 heteroatoms. The number of benzene rings is 3. The van der Waals surface area contributed by atoms with Crippen LogP contribution in [0.25, 0.3) is 42.6 Å². The first-order valence-electron chi connectivity index (χ1n) is 13.9. The second-order valence-corrected chi connectivity index (χ2v) is 24.5. The molecule has 0 unspecified atom stereocenters. The summed E-state index contributed by atoms with van der Waals surface area (Å²) in [5, 5.41) is 5.83. The molecule has 2 aromatic heterocycles. The minimum atomic E-state index is -1.61. The van der Waals surface area contributed by atoms with Crippen molar-refractivity contribution < 1.29 is 4.57 Å². The Labute approximate surface area is 235 Å². The van der Waals surface area contributed by atoms with Gasteiger partial charge in [0.15, 0.2) is 6.20 Å². The molecule has 0 aliphatic rings. The lowest BCUT2D eigenvalue weighted by molar-refractivity contribution is -0.659. The Bertz CT molecular complexity index is 1680. The van der Waals surface area contributed by atoms with Crippen LogP contribution in [0.1, 0.15) is 30.9 Å². The molecular weight excluding hydrogens is 511 g/mol. The largest absolute Gasteiger partial charge is 0.214 e. The summed E-state index contributed by atoms with van der Waals surface area (Å²) in [6.07, 6.45) is 2.45. The molecule has 5 rings (SSSR count). The zero-order chi connectivity index (χ0) is 27.6. The average molecular weight is 553 g/mol. The maximum absolute atomic E-state index is 2.51. The Morgan fingerprint density at radius 3 is 2.11 bits per heavy atom. The first kappa shape index (κ1) is 27.0. The van der Waals surface area contributed by atoms with E-state index in [0.717, 1.165) is 0 Å². The van der Waals surface area contributed by atoms with Gasteiger partial charge < -0.3 is 0 Å². The van der Waals surface area contributed by atoms with Crippen molar-refractivity contribution in [3.63, 3.8) is 0 Å². The van der Waals surface area contributed by atoms with Crippen LogP contribution in [0, 0.1) is 6.92 Å². The van der Waals surface area contributed by atoms with Crippen molar-refractivity contribution in [3.8, 4) is 22.4 Å². The molecule has 0 spiro atoms. The Morgan fingerprint density at radius 1 is 0.763 bits per heavy atom. The van der Waals surface area contributed by atoms with Crippen molar-refractivity contribution in [3.05, 3.63) is 78.0 Å². The zero-order valence-corrected chi connectivity index (χ0v) is 27.6. The molecule has 0 bridgehead atoms. The molecule has 1 nitrogen and oxygen atoms in total. The molecule has 0 amide bonds. The third-order valence-electron chi connectivity index (χ3n) is 7.93. The summed E-state index contributed by atoms with van der Waals surface area (Å²) in [5.74, 6) is 0.478. The van der Waals surface area contributed by atoms with Crippen LogP contribution < -0.4 is 14.9 Å². The Hall–Kier alpha value is -2.54. The molecule has 0 aliphatic carbocycles. The number of pyridine rings is 1. The van der Waals surface area contributed by atoms with Gasteiger partial charge in [-0.2, -0.15) is 0 Å². The maximum Gasteiger partial charge on any atom is 0.214 e. The van der Waals surface area contributed by atoms with Crippen molar-refractivity contribution in [1.82, 2.24) is 0 Å². The SMILES string of the molecule is Cc1ccc2c(sc3cc([Si](C)(C)C)ccc32)c1-c1cc(-c2ccccc2C(C)C)c([Si](C)(C)C)c[n+]1C. The second kappa shape index (κ2) is 9.58. The average Bonchev–Trinajstić information content (AvgIpc) is 3.21. The molecule has 196 valence electrons. The van der Waals surface area contributed by atoms with Gasteiger partial charge in [-0.05, 0) is 41.2 Å². The smallest absolute Gasteiger partial charge is 0.201 e. The number of aromatic nitrogens is 1. The van der Waals surface area contributed by atoms with Crippen molar-refractivity contribution >= 4 is 58.0 Å². The summed E-state index contributed by atoms with van der Waals surface area (Å²) in [7, 11) is -0.738. The molecule has 0 aliphatic heterocycles. The molecule has 0 atom stereocenters. The summed E-state index contributed by atoms with van der Waals surface area (Å²) in [6.45, 7) is 21.6.